The van der Waals surface area contributed by atoms with Gasteiger partial charge in [-0.2, -0.15) is 0 Å². The minimum Gasteiger partial charge on any atom is -0.493 e. The summed E-state index contributed by atoms with van der Waals surface area (Å²) >= 11 is 0. The molecule has 0 spiro atoms. The zero-order valence-corrected chi connectivity index (χ0v) is 9.67. The molecule has 1 aromatic rings. The lowest BCUT2D eigenvalue weighted by atomic mass is 10.3. The van der Waals surface area contributed by atoms with Gasteiger partial charge in [-0.05, 0) is 12.1 Å². The highest BCUT2D eigenvalue weighted by Crippen LogP contribution is 2.26. The SMILES string of the molecule is COc1ccccc1OCC1OCC(CO)O1. The number of ether oxygens (including phenoxy) is 4. The molecule has 94 valence electrons. The molecule has 0 bridgehead atoms. The van der Waals surface area contributed by atoms with E-state index < -0.39 is 6.29 Å². The standard InChI is InChI=1S/C12H16O5/c1-14-10-4-2-3-5-11(10)15-8-12-16-7-9(6-13)17-12/h2-5,9,12-13H,6-8H2,1H3. The van der Waals surface area contributed by atoms with Crippen molar-refractivity contribution in [2.75, 3.05) is 26.9 Å². The maximum atomic E-state index is 8.89. The molecular formula is C12H16O5. The number of methoxy groups -OCH3 is 1. The zero-order chi connectivity index (χ0) is 12.1. The van der Waals surface area contributed by atoms with Crippen LogP contribution in [0.25, 0.3) is 0 Å². The van der Waals surface area contributed by atoms with Crippen LogP contribution in [-0.2, 0) is 9.47 Å². The van der Waals surface area contributed by atoms with Gasteiger partial charge in [0, 0.05) is 0 Å². The molecule has 0 aromatic heterocycles. The highest BCUT2D eigenvalue weighted by Gasteiger charge is 2.25. The van der Waals surface area contributed by atoms with E-state index in [-0.39, 0.29) is 19.3 Å². The minimum absolute atomic E-state index is 0.0365. The summed E-state index contributed by atoms with van der Waals surface area (Å²) in [6, 6.07) is 7.38. The number of hydrogen-bond acceptors (Lipinski definition) is 5. The second-order valence-corrected chi connectivity index (χ2v) is 3.67. The molecule has 5 heteroatoms. The van der Waals surface area contributed by atoms with E-state index in [4.69, 9.17) is 24.1 Å². The van der Waals surface area contributed by atoms with Crippen molar-refractivity contribution in [3.8, 4) is 11.5 Å². The molecule has 1 aliphatic rings. The van der Waals surface area contributed by atoms with Crippen LogP contribution in [0.2, 0.25) is 0 Å². The molecule has 0 saturated carbocycles. The molecule has 1 saturated heterocycles. The fraction of sp³-hybridized carbons (Fsp3) is 0.500. The first kappa shape index (κ1) is 12.2. The third-order valence-electron chi connectivity index (χ3n) is 2.46. The fourth-order valence-corrected chi connectivity index (χ4v) is 1.59. The summed E-state index contributed by atoms with van der Waals surface area (Å²) < 4.78 is 21.4. The van der Waals surface area contributed by atoms with Gasteiger partial charge in [0.25, 0.3) is 0 Å². The van der Waals surface area contributed by atoms with Gasteiger partial charge in [0.05, 0.1) is 20.3 Å². The predicted octanol–water partition coefficient (Wildman–Crippen LogP) is 0.808. The molecule has 0 aliphatic carbocycles. The zero-order valence-electron chi connectivity index (χ0n) is 9.67. The predicted molar refractivity (Wildman–Crippen MR) is 60.2 cm³/mol. The second kappa shape index (κ2) is 5.86. The number of rotatable bonds is 5. The Kier molecular flexibility index (Phi) is 4.19. The molecule has 1 N–H and O–H groups in total. The number of aliphatic hydroxyl groups excluding tert-OH is 1. The van der Waals surface area contributed by atoms with Crippen LogP contribution >= 0.6 is 0 Å². The summed E-state index contributed by atoms with van der Waals surface area (Å²) in [6.45, 7) is 0.637. The van der Waals surface area contributed by atoms with E-state index in [9.17, 15) is 0 Å². The molecular weight excluding hydrogens is 224 g/mol. The topological polar surface area (TPSA) is 57.2 Å². The van der Waals surface area contributed by atoms with E-state index in [1.807, 2.05) is 24.3 Å². The van der Waals surface area contributed by atoms with E-state index in [2.05, 4.69) is 0 Å². The van der Waals surface area contributed by atoms with Gasteiger partial charge in [0.2, 0.25) is 0 Å². The first-order valence-electron chi connectivity index (χ1n) is 5.47. The average Bonchev–Trinajstić information content (AvgIpc) is 2.84. The third-order valence-corrected chi connectivity index (χ3v) is 2.46. The lowest BCUT2D eigenvalue weighted by Gasteiger charge is -2.13. The molecule has 1 fully saturated rings. The largest absolute Gasteiger partial charge is 0.493 e. The summed E-state index contributed by atoms with van der Waals surface area (Å²) in [5.74, 6) is 1.32. The van der Waals surface area contributed by atoms with Gasteiger partial charge in [0.15, 0.2) is 17.8 Å². The molecule has 1 aliphatic heterocycles. The average molecular weight is 240 g/mol. The van der Waals surface area contributed by atoms with Crippen LogP contribution in [0.1, 0.15) is 0 Å². The molecule has 5 nitrogen and oxygen atoms in total. The smallest absolute Gasteiger partial charge is 0.192 e. The van der Waals surface area contributed by atoms with Crippen LogP contribution < -0.4 is 9.47 Å². The van der Waals surface area contributed by atoms with Gasteiger partial charge >= 0.3 is 0 Å². The fourth-order valence-electron chi connectivity index (χ4n) is 1.59. The van der Waals surface area contributed by atoms with Crippen LogP contribution in [0.4, 0.5) is 0 Å². The maximum Gasteiger partial charge on any atom is 0.192 e. The lowest BCUT2D eigenvalue weighted by Crippen LogP contribution is -2.21. The van der Waals surface area contributed by atoms with Crippen molar-refractivity contribution in [2.24, 2.45) is 0 Å². The highest BCUT2D eigenvalue weighted by atomic mass is 16.7. The van der Waals surface area contributed by atoms with Gasteiger partial charge in [-0.15, -0.1) is 0 Å². The molecule has 1 aromatic carbocycles. The van der Waals surface area contributed by atoms with Crippen molar-refractivity contribution in [3.63, 3.8) is 0 Å². The van der Waals surface area contributed by atoms with Crippen molar-refractivity contribution < 1.29 is 24.1 Å². The maximum absolute atomic E-state index is 8.89. The quantitative estimate of drug-likeness (QED) is 0.825. The van der Waals surface area contributed by atoms with E-state index in [0.717, 1.165) is 0 Å². The normalized spacial score (nSPS) is 23.6. The van der Waals surface area contributed by atoms with Gasteiger partial charge in [-0.1, -0.05) is 12.1 Å². The van der Waals surface area contributed by atoms with Gasteiger partial charge in [0.1, 0.15) is 12.7 Å². The highest BCUT2D eigenvalue weighted by molar-refractivity contribution is 5.39. The second-order valence-electron chi connectivity index (χ2n) is 3.67. The van der Waals surface area contributed by atoms with Crippen molar-refractivity contribution in [3.05, 3.63) is 24.3 Å². The third kappa shape index (κ3) is 3.09. The van der Waals surface area contributed by atoms with E-state index in [1.54, 1.807) is 7.11 Å². The lowest BCUT2D eigenvalue weighted by molar-refractivity contribution is -0.0875. The molecule has 2 atom stereocenters. The summed E-state index contributed by atoms with van der Waals surface area (Å²) in [7, 11) is 1.59. The number of benzene rings is 1. The summed E-state index contributed by atoms with van der Waals surface area (Å²) in [6.07, 6.45) is -0.682. The Hall–Kier alpha value is -1.30. The molecule has 17 heavy (non-hydrogen) atoms. The summed E-state index contributed by atoms with van der Waals surface area (Å²) in [4.78, 5) is 0. The van der Waals surface area contributed by atoms with Gasteiger partial charge < -0.3 is 24.1 Å². The Balaban J connectivity index is 1.85. The van der Waals surface area contributed by atoms with E-state index in [0.29, 0.717) is 18.1 Å². The van der Waals surface area contributed by atoms with Crippen LogP contribution in [0, 0.1) is 0 Å². The minimum atomic E-state index is -0.433. The van der Waals surface area contributed by atoms with Gasteiger partial charge in [-0.3, -0.25) is 0 Å². The van der Waals surface area contributed by atoms with Crippen LogP contribution in [0.3, 0.4) is 0 Å². The Bertz CT molecular complexity index is 355. The van der Waals surface area contributed by atoms with E-state index >= 15 is 0 Å². The monoisotopic (exact) mass is 240 g/mol. The Morgan fingerprint density at radius 1 is 1.35 bits per heavy atom. The Morgan fingerprint density at radius 2 is 2.12 bits per heavy atom. The molecule has 0 amide bonds. The van der Waals surface area contributed by atoms with Crippen molar-refractivity contribution in [1.82, 2.24) is 0 Å². The molecule has 2 unspecified atom stereocenters. The van der Waals surface area contributed by atoms with Gasteiger partial charge in [-0.25, -0.2) is 0 Å². The molecule has 1 heterocycles. The molecule has 2 rings (SSSR count). The summed E-state index contributed by atoms with van der Waals surface area (Å²) in [5.41, 5.74) is 0. The van der Waals surface area contributed by atoms with Crippen molar-refractivity contribution >= 4 is 0 Å². The number of aliphatic hydroxyl groups is 1. The Labute approximate surface area is 99.9 Å². The van der Waals surface area contributed by atoms with Crippen molar-refractivity contribution in [1.29, 1.82) is 0 Å². The number of hydrogen-bond donors (Lipinski definition) is 1. The number of para-hydroxylation sites is 2. The summed E-state index contributed by atoms with van der Waals surface area (Å²) in [5, 5.41) is 8.89. The Morgan fingerprint density at radius 3 is 2.76 bits per heavy atom. The van der Waals surface area contributed by atoms with Crippen LogP contribution in [0.5, 0.6) is 11.5 Å². The van der Waals surface area contributed by atoms with Crippen molar-refractivity contribution in [2.45, 2.75) is 12.4 Å². The van der Waals surface area contributed by atoms with Crippen LogP contribution in [-0.4, -0.2) is 44.4 Å². The van der Waals surface area contributed by atoms with Crippen LogP contribution in [0.15, 0.2) is 24.3 Å². The first-order chi connectivity index (χ1) is 8.33. The molecule has 0 radical (unpaired) electrons. The first-order valence-corrected chi connectivity index (χ1v) is 5.47. The van der Waals surface area contributed by atoms with E-state index in [1.165, 1.54) is 0 Å².